The van der Waals surface area contributed by atoms with Gasteiger partial charge in [-0.2, -0.15) is 15.5 Å². The summed E-state index contributed by atoms with van der Waals surface area (Å²) in [5, 5.41) is 20.0. The summed E-state index contributed by atoms with van der Waals surface area (Å²) in [6.45, 7) is 1.55. The van der Waals surface area contributed by atoms with Gasteiger partial charge in [-0.1, -0.05) is 18.2 Å². The molecule has 0 spiro atoms. The Balaban J connectivity index is 1.77. The minimum Gasteiger partial charge on any atom is -0.305 e. The molecular formula is C19H13F2N7O. The number of nitriles is 1. The van der Waals surface area contributed by atoms with Crippen molar-refractivity contribution >= 4 is 17.4 Å². The topological polar surface area (TPSA) is 101 Å². The number of rotatable bonds is 4. The lowest BCUT2D eigenvalue weighted by molar-refractivity contribution is 0.102. The third-order valence-corrected chi connectivity index (χ3v) is 4.22. The zero-order chi connectivity index (χ0) is 20.5. The second-order valence-corrected chi connectivity index (χ2v) is 6.14. The van der Waals surface area contributed by atoms with Gasteiger partial charge in [0.15, 0.2) is 11.5 Å². The summed E-state index contributed by atoms with van der Waals surface area (Å²) in [6.07, 6.45) is -0.284. The summed E-state index contributed by atoms with van der Waals surface area (Å²) in [6, 6.07) is 12.1. The van der Waals surface area contributed by atoms with Crippen LogP contribution in [0.25, 0.3) is 11.3 Å². The molecule has 0 fully saturated rings. The Kier molecular flexibility index (Phi) is 4.48. The van der Waals surface area contributed by atoms with Gasteiger partial charge in [0.1, 0.15) is 22.9 Å². The molecule has 0 atom stereocenters. The number of amides is 1. The number of aryl methyl sites for hydroxylation is 1. The first-order valence-corrected chi connectivity index (χ1v) is 8.48. The number of halogens is 2. The van der Waals surface area contributed by atoms with E-state index in [0.717, 1.165) is 10.7 Å². The second-order valence-electron chi connectivity index (χ2n) is 6.14. The van der Waals surface area contributed by atoms with Gasteiger partial charge in [0.05, 0.1) is 18.1 Å². The number of hydrogen-bond donors (Lipinski definition) is 1. The van der Waals surface area contributed by atoms with Gasteiger partial charge in [0.25, 0.3) is 12.3 Å². The normalized spacial score (nSPS) is 11.0. The van der Waals surface area contributed by atoms with Gasteiger partial charge in [-0.25, -0.2) is 23.0 Å². The van der Waals surface area contributed by atoms with Crippen molar-refractivity contribution < 1.29 is 13.6 Å². The molecule has 0 unspecified atom stereocenters. The average molecular weight is 393 g/mol. The van der Waals surface area contributed by atoms with E-state index in [2.05, 4.69) is 20.5 Å². The van der Waals surface area contributed by atoms with Crippen LogP contribution in [0.3, 0.4) is 0 Å². The lowest BCUT2D eigenvalue weighted by Gasteiger charge is -2.09. The van der Waals surface area contributed by atoms with E-state index in [-0.39, 0.29) is 28.3 Å². The number of benzene rings is 1. The summed E-state index contributed by atoms with van der Waals surface area (Å²) >= 11 is 0. The zero-order valence-corrected chi connectivity index (χ0v) is 15.0. The molecule has 0 aliphatic heterocycles. The first kappa shape index (κ1) is 18.2. The molecule has 0 saturated carbocycles. The van der Waals surface area contributed by atoms with E-state index in [1.165, 1.54) is 16.9 Å². The van der Waals surface area contributed by atoms with E-state index >= 15 is 0 Å². The van der Waals surface area contributed by atoms with Gasteiger partial charge in [0.2, 0.25) is 0 Å². The molecule has 0 saturated heterocycles. The molecule has 0 aliphatic carbocycles. The van der Waals surface area contributed by atoms with Crippen molar-refractivity contribution in [3.63, 3.8) is 0 Å². The monoisotopic (exact) mass is 393 g/mol. The fourth-order valence-corrected chi connectivity index (χ4v) is 2.92. The Morgan fingerprint density at radius 1 is 1.21 bits per heavy atom. The Morgan fingerprint density at radius 2 is 1.97 bits per heavy atom. The van der Waals surface area contributed by atoms with Crippen molar-refractivity contribution in [3.8, 4) is 11.8 Å². The van der Waals surface area contributed by atoms with Gasteiger partial charge >= 0.3 is 0 Å². The van der Waals surface area contributed by atoms with Crippen LogP contribution >= 0.6 is 0 Å². The third kappa shape index (κ3) is 3.19. The molecule has 4 aromatic rings. The number of nitrogens with one attached hydrogen (secondary N) is 1. The van der Waals surface area contributed by atoms with Crippen molar-refractivity contribution in [1.82, 2.24) is 24.4 Å². The van der Waals surface area contributed by atoms with E-state index in [1.54, 1.807) is 31.2 Å². The summed E-state index contributed by atoms with van der Waals surface area (Å²) < 4.78 is 28.9. The summed E-state index contributed by atoms with van der Waals surface area (Å²) in [4.78, 5) is 17.1. The minimum atomic E-state index is -2.78. The molecule has 29 heavy (non-hydrogen) atoms. The highest BCUT2D eigenvalue weighted by Crippen LogP contribution is 2.24. The van der Waals surface area contributed by atoms with Gasteiger partial charge in [-0.05, 0) is 25.1 Å². The van der Waals surface area contributed by atoms with Crippen LogP contribution in [0.5, 0.6) is 0 Å². The highest BCUT2D eigenvalue weighted by molar-refractivity contribution is 6.08. The number of nitrogens with zero attached hydrogens (tertiary/aromatic N) is 6. The van der Waals surface area contributed by atoms with Gasteiger partial charge in [-0.3, -0.25) is 4.79 Å². The van der Waals surface area contributed by atoms with Gasteiger partial charge < -0.3 is 5.32 Å². The van der Waals surface area contributed by atoms with Crippen LogP contribution in [0.2, 0.25) is 0 Å². The fraction of sp³-hybridized carbons (Fsp3) is 0.105. The summed E-state index contributed by atoms with van der Waals surface area (Å²) in [5.41, 5.74) is 0.754. The van der Waals surface area contributed by atoms with E-state index in [0.29, 0.717) is 11.4 Å². The Hall–Kier alpha value is -4.13. The predicted molar refractivity (Wildman–Crippen MR) is 98.9 cm³/mol. The standard InChI is InChI=1S/C19H13F2N7O/c1-11-7-15(16(20)21)28-18(25-11)14(10-24-28)19(29)26-17-12(8-22)9-23-27(17)13-5-3-2-4-6-13/h2-7,9-10,16H,1H3,(H,26,29). The molecule has 1 amide bonds. The summed E-state index contributed by atoms with van der Waals surface area (Å²) in [7, 11) is 0. The maximum Gasteiger partial charge on any atom is 0.280 e. The fourth-order valence-electron chi connectivity index (χ4n) is 2.92. The van der Waals surface area contributed by atoms with Crippen molar-refractivity contribution in [2.45, 2.75) is 13.3 Å². The van der Waals surface area contributed by atoms with Crippen LogP contribution in [0.15, 0.2) is 48.8 Å². The molecule has 0 radical (unpaired) electrons. The lowest BCUT2D eigenvalue weighted by Crippen LogP contribution is -2.16. The average Bonchev–Trinajstić information content (AvgIpc) is 3.31. The zero-order valence-electron chi connectivity index (χ0n) is 15.0. The highest BCUT2D eigenvalue weighted by atomic mass is 19.3. The van der Waals surface area contributed by atoms with Crippen LogP contribution in [0.4, 0.5) is 14.6 Å². The number of aromatic nitrogens is 5. The number of para-hydroxylation sites is 1. The van der Waals surface area contributed by atoms with Crippen LogP contribution in [-0.4, -0.2) is 30.3 Å². The molecule has 4 rings (SSSR count). The van der Waals surface area contributed by atoms with Gasteiger partial charge in [0, 0.05) is 5.69 Å². The molecule has 0 bridgehead atoms. The molecule has 8 nitrogen and oxygen atoms in total. The predicted octanol–water partition coefficient (Wildman–Crippen LogP) is 3.29. The van der Waals surface area contributed by atoms with Crippen LogP contribution in [-0.2, 0) is 0 Å². The number of carbonyl (C=O) groups is 1. The molecule has 3 aromatic heterocycles. The number of fused-ring (bicyclic) bond motifs is 1. The smallest absolute Gasteiger partial charge is 0.280 e. The molecule has 10 heteroatoms. The van der Waals surface area contributed by atoms with E-state index in [4.69, 9.17) is 0 Å². The van der Waals surface area contributed by atoms with Crippen molar-refractivity contribution in [2.24, 2.45) is 0 Å². The Bertz CT molecular complexity index is 1260. The van der Waals surface area contributed by atoms with Crippen molar-refractivity contribution in [1.29, 1.82) is 5.26 Å². The number of anilines is 1. The van der Waals surface area contributed by atoms with Crippen LogP contribution in [0.1, 0.15) is 33.7 Å². The van der Waals surface area contributed by atoms with Crippen molar-refractivity contribution in [3.05, 3.63) is 71.3 Å². The van der Waals surface area contributed by atoms with Gasteiger partial charge in [-0.15, -0.1) is 0 Å². The molecule has 3 heterocycles. The maximum atomic E-state index is 13.3. The van der Waals surface area contributed by atoms with E-state index in [9.17, 15) is 18.8 Å². The Labute approximate surface area is 163 Å². The van der Waals surface area contributed by atoms with E-state index < -0.39 is 12.3 Å². The Morgan fingerprint density at radius 3 is 2.66 bits per heavy atom. The first-order valence-electron chi connectivity index (χ1n) is 8.48. The molecule has 1 aromatic carbocycles. The number of alkyl halides is 2. The highest BCUT2D eigenvalue weighted by Gasteiger charge is 2.22. The third-order valence-electron chi connectivity index (χ3n) is 4.22. The quantitative estimate of drug-likeness (QED) is 0.573. The van der Waals surface area contributed by atoms with Crippen LogP contribution in [0, 0.1) is 18.3 Å². The molecule has 0 aliphatic rings. The summed E-state index contributed by atoms with van der Waals surface area (Å²) in [5.74, 6) is -0.489. The second kappa shape index (κ2) is 7.12. The van der Waals surface area contributed by atoms with Crippen molar-refractivity contribution in [2.75, 3.05) is 5.32 Å². The van der Waals surface area contributed by atoms with Crippen LogP contribution < -0.4 is 5.32 Å². The number of carbonyl (C=O) groups excluding carboxylic acids is 1. The van der Waals surface area contributed by atoms with E-state index in [1.807, 2.05) is 12.1 Å². The lowest BCUT2D eigenvalue weighted by atomic mass is 10.2. The largest absolute Gasteiger partial charge is 0.305 e. The SMILES string of the molecule is Cc1cc(C(F)F)n2ncc(C(=O)Nc3c(C#N)cnn3-c3ccccc3)c2n1. The number of hydrogen-bond acceptors (Lipinski definition) is 5. The molecule has 1 N–H and O–H groups in total. The maximum absolute atomic E-state index is 13.3. The first-order chi connectivity index (χ1) is 14.0. The molecular weight excluding hydrogens is 380 g/mol. The molecule has 144 valence electrons. The minimum absolute atomic E-state index is 0.000279.